The van der Waals surface area contributed by atoms with Crippen LogP contribution in [0.5, 0.6) is 0 Å². The van der Waals surface area contributed by atoms with Gasteiger partial charge in [-0.1, -0.05) is 34.4 Å². The van der Waals surface area contributed by atoms with Crippen molar-refractivity contribution in [1.82, 2.24) is 21.3 Å². The molecule has 33 heteroatoms. The predicted octanol–water partition coefficient (Wildman–Crippen LogP) is -2.82. The summed E-state index contributed by atoms with van der Waals surface area (Å²) in [6, 6.07) is -3.98. The standard InChI is InChI=1S/C19H31NO8.C16H27NO8.C11H19NO6.C8H15NO6.CH5P/c1-6-8-13(22)26-17-15(20-11(3)21)18(27-14(23)9-7-2)25-12-10-24-19(4,5)28-16(12)17;1-4-6-11(20)24-15-13(17-9(3)19)16(25-12(21)7-5-2)23-10(8-18)14(15)22;1-5(13)12-7-8(14)9-6(17-10(7)15)4-16-11(2,3)18-9;1-3(11)9-5-7(13)6(12)4(2-10)15-8(5)14;1-2/h12,15-18H,6-10H2,1-5H3,(H,20,21);10,13-16,18,22H,4-8H2,1-3H3,(H,17,19);6-10,14-15H,4H2,1-3H3,(H,12,13);4-8,10,12-14H,2H2,1H3,(H,9,11);2H2,1H3/t12?,15?,16-,17-,18?;10?,13?,14-,15-,16?;6?,7?,8-,9-,10?;4?,5?,6-,7-,8?;/m1111./s1. The molecule has 510 valence electrons. The zero-order valence-electron chi connectivity index (χ0n) is 52.4. The Morgan fingerprint density at radius 2 is 0.784 bits per heavy atom. The number of carbonyl (C=O) groups excluding carboxylic acids is 8. The minimum Gasteiger partial charge on any atom is -0.457 e. The Bertz CT molecular complexity index is 2200. The fourth-order valence-corrected chi connectivity index (χ4v) is 9.50. The van der Waals surface area contributed by atoms with E-state index in [-0.39, 0.29) is 50.7 Å². The van der Waals surface area contributed by atoms with E-state index in [1.54, 1.807) is 41.5 Å². The first-order chi connectivity index (χ1) is 41.3. The van der Waals surface area contributed by atoms with Crippen LogP contribution < -0.4 is 21.3 Å². The highest BCUT2D eigenvalue weighted by molar-refractivity contribution is 7.15. The van der Waals surface area contributed by atoms with Crippen LogP contribution in [0.3, 0.4) is 0 Å². The van der Waals surface area contributed by atoms with Gasteiger partial charge in [-0.15, -0.1) is 9.24 Å². The number of aliphatic hydroxyl groups excluding tert-OH is 8. The third-order valence-corrected chi connectivity index (χ3v) is 13.4. The van der Waals surface area contributed by atoms with Crippen molar-refractivity contribution in [3.63, 3.8) is 0 Å². The van der Waals surface area contributed by atoms with Gasteiger partial charge in [0.15, 0.2) is 36.4 Å². The Morgan fingerprint density at radius 1 is 0.443 bits per heavy atom. The molecular formula is C55H97N4O28P. The summed E-state index contributed by atoms with van der Waals surface area (Å²) in [6.45, 7) is 20.6. The minimum atomic E-state index is -1.45. The Kier molecular flexibility index (Phi) is 34.8. The van der Waals surface area contributed by atoms with Crippen LogP contribution in [0.1, 0.15) is 134 Å². The van der Waals surface area contributed by atoms with E-state index in [4.69, 9.17) is 61.9 Å². The zero-order valence-corrected chi connectivity index (χ0v) is 53.5. The van der Waals surface area contributed by atoms with Crippen molar-refractivity contribution in [2.45, 2.75) is 269 Å². The lowest BCUT2D eigenvalue weighted by Crippen LogP contribution is -2.69. The van der Waals surface area contributed by atoms with Gasteiger partial charge in [0.05, 0.1) is 26.4 Å². The van der Waals surface area contributed by atoms with E-state index in [0.717, 1.165) is 0 Å². The number of esters is 4. The van der Waals surface area contributed by atoms with Crippen LogP contribution in [-0.2, 0) is 95.2 Å². The molecule has 0 bridgehead atoms. The van der Waals surface area contributed by atoms with Gasteiger partial charge in [0.2, 0.25) is 36.2 Å². The average molecular weight is 1290 g/mol. The van der Waals surface area contributed by atoms with Crippen molar-refractivity contribution >= 4 is 56.7 Å². The van der Waals surface area contributed by atoms with Crippen molar-refractivity contribution < 1.29 is 136 Å². The van der Waals surface area contributed by atoms with Crippen LogP contribution in [0, 0.1) is 0 Å². The van der Waals surface area contributed by atoms with E-state index in [0.29, 0.717) is 25.7 Å². The molecule has 32 nitrogen and oxygen atoms in total. The SMILES string of the molecule is CC(=O)NC1C(O)OC(CO)[C@@H](O)[C@@H]1O.CC(=O)NC1C(O)OC2COC(C)(C)O[C@H]2[C@@H]1O.CCCC(=O)OC1OC(CO)[C@@H](O)[C@H](OC(=O)CCC)C1NC(C)=O.CCCC(=O)OC1OC2COC(C)(C)O[C@H]2[C@H](OC(=O)CCC)C1NC(C)=O.CP. The normalized spacial score (nSPS) is 34.1. The minimum absolute atomic E-state index is 0.126. The van der Waals surface area contributed by atoms with Crippen LogP contribution in [0.25, 0.3) is 0 Å². The summed E-state index contributed by atoms with van der Waals surface area (Å²) in [5, 5.41) is 86.7. The van der Waals surface area contributed by atoms with Gasteiger partial charge in [-0.25, -0.2) is 0 Å². The molecule has 6 aliphatic rings. The third kappa shape index (κ3) is 25.0. The summed E-state index contributed by atoms with van der Waals surface area (Å²) in [5.74, 6) is -5.41. The number of nitrogens with one attached hydrogen (secondary N) is 4. The second kappa shape index (κ2) is 38.4. The van der Waals surface area contributed by atoms with Crippen LogP contribution >= 0.6 is 9.24 Å². The maximum atomic E-state index is 12.2. The summed E-state index contributed by atoms with van der Waals surface area (Å²) in [5.41, 5.74) is 0. The first-order valence-corrected chi connectivity index (χ1v) is 30.4. The number of aliphatic hydroxyl groups is 8. The van der Waals surface area contributed by atoms with Gasteiger partial charge < -0.3 is 119 Å². The Balaban J connectivity index is 0.000000406. The zero-order chi connectivity index (χ0) is 67.0. The van der Waals surface area contributed by atoms with Gasteiger partial charge in [-0.05, 0) is 53.4 Å². The van der Waals surface area contributed by atoms with Gasteiger partial charge >= 0.3 is 23.9 Å². The largest absolute Gasteiger partial charge is 0.457 e. The summed E-state index contributed by atoms with van der Waals surface area (Å²) >= 11 is 0. The number of rotatable bonds is 18. The maximum absolute atomic E-state index is 12.2. The molecule has 0 radical (unpaired) electrons. The smallest absolute Gasteiger partial charge is 0.308 e. The molecule has 0 aromatic carbocycles. The van der Waals surface area contributed by atoms with Crippen molar-refractivity contribution in [1.29, 1.82) is 0 Å². The highest BCUT2D eigenvalue weighted by Gasteiger charge is 2.56. The molecular weight excluding hydrogens is 1200 g/mol. The van der Waals surface area contributed by atoms with Crippen molar-refractivity contribution in [3.05, 3.63) is 0 Å². The van der Waals surface area contributed by atoms with Gasteiger partial charge in [0, 0.05) is 53.4 Å². The molecule has 0 aromatic heterocycles. The van der Waals surface area contributed by atoms with Gasteiger partial charge in [0.1, 0.15) is 85.2 Å². The topological polar surface area (TPSA) is 457 Å². The molecule has 6 fully saturated rings. The number of carbonyl (C=O) groups is 8. The molecule has 6 heterocycles. The molecule has 0 saturated carbocycles. The lowest BCUT2D eigenvalue weighted by atomic mass is 9.95. The Hall–Kier alpha value is -4.45. The van der Waals surface area contributed by atoms with Crippen LogP contribution in [-0.4, -0.2) is 256 Å². The average Bonchev–Trinajstić information content (AvgIpc) is 2.59. The van der Waals surface area contributed by atoms with E-state index >= 15 is 0 Å². The molecule has 13 unspecified atom stereocenters. The van der Waals surface area contributed by atoms with Crippen LogP contribution in [0.4, 0.5) is 0 Å². The second-order valence-electron chi connectivity index (χ2n) is 21.9. The molecule has 88 heavy (non-hydrogen) atoms. The first-order valence-electron chi connectivity index (χ1n) is 29.3. The molecule has 6 rings (SSSR count). The lowest BCUT2D eigenvalue weighted by molar-refractivity contribution is -0.365. The molecule has 6 saturated heterocycles. The van der Waals surface area contributed by atoms with E-state index in [9.17, 15) is 74.1 Å². The summed E-state index contributed by atoms with van der Waals surface area (Å²) in [7, 11) is 2.42. The first kappa shape index (κ1) is 79.6. The van der Waals surface area contributed by atoms with E-state index < -0.39 is 183 Å². The highest BCUT2D eigenvalue weighted by Crippen LogP contribution is 2.36. The number of hydrogen-bond donors (Lipinski definition) is 12. The molecule has 4 amide bonds. The molecule has 0 spiro atoms. The lowest BCUT2D eigenvalue weighted by Gasteiger charge is -2.50. The Labute approximate surface area is 514 Å². The fraction of sp³-hybridized carbons (Fsp3) is 0.855. The van der Waals surface area contributed by atoms with Crippen molar-refractivity contribution in [2.75, 3.05) is 33.1 Å². The molecule has 0 aliphatic carbocycles. The van der Waals surface area contributed by atoms with Gasteiger partial charge in [-0.2, -0.15) is 0 Å². The second-order valence-corrected chi connectivity index (χ2v) is 21.9. The summed E-state index contributed by atoms with van der Waals surface area (Å²) in [4.78, 5) is 93.0. The van der Waals surface area contributed by atoms with Gasteiger partial charge in [-0.3, -0.25) is 38.4 Å². The number of hydrogen-bond acceptors (Lipinski definition) is 28. The van der Waals surface area contributed by atoms with Crippen molar-refractivity contribution in [2.24, 2.45) is 0 Å². The number of amides is 4. The quantitative estimate of drug-likeness (QED) is 0.0374. The summed E-state index contributed by atoms with van der Waals surface area (Å²) < 4.78 is 65.6. The van der Waals surface area contributed by atoms with E-state index in [1.165, 1.54) is 27.7 Å². The molecule has 21 atom stereocenters. The Morgan fingerprint density at radius 3 is 1.20 bits per heavy atom. The predicted molar refractivity (Wildman–Crippen MR) is 305 cm³/mol. The van der Waals surface area contributed by atoms with Crippen LogP contribution in [0.2, 0.25) is 0 Å². The fourth-order valence-electron chi connectivity index (χ4n) is 9.50. The van der Waals surface area contributed by atoms with E-state index in [2.05, 4.69) is 30.5 Å². The molecule has 0 aromatic rings. The molecule has 12 N–H and O–H groups in total. The molecule has 6 aliphatic heterocycles. The number of ether oxygens (including phenoxy) is 12. The van der Waals surface area contributed by atoms with E-state index in [1.807, 2.05) is 20.5 Å². The van der Waals surface area contributed by atoms with Crippen LogP contribution in [0.15, 0.2) is 0 Å². The highest BCUT2D eigenvalue weighted by atomic mass is 31.0. The van der Waals surface area contributed by atoms with Crippen molar-refractivity contribution in [3.8, 4) is 0 Å². The maximum Gasteiger partial charge on any atom is 0.308 e. The third-order valence-electron chi connectivity index (χ3n) is 13.4. The van der Waals surface area contributed by atoms with Gasteiger partial charge in [0.25, 0.3) is 0 Å². The monoisotopic (exact) mass is 1290 g/mol. The summed E-state index contributed by atoms with van der Waals surface area (Å²) in [6.07, 6.45) is -14.0. The number of fused-ring (bicyclic) bond motifs is 2.